The molecule has 0 spiro atoms. The molecule has 2 aromatic rings. The maximum atomic E-state index is 13.0. The maximum Gasteiger partial charge on any atom is 0.331 e. The van der Waals surface area contributed by atoms with Crippen LogP contribution in [0.3, 0.4) is 0 Å². The predicted molar refractivity (Wildman–Crippen MR) is 125 cm³/mol. The first-order valence-corrected chi connectivity index (χ1v) is 11.5. The molecule has 31 heavy (non-hydrogen) atoms. The van der Waals surface area contributed by atoms with E-state index < -0.39 is 17.8 Å². The van der Waals surface area contributed by atoms with Crippen molar-refractivity contribution in [2.45, 2.75) is 44.8 Å². The largest absolute Gasteiger partial charge is 0.489 e. The van der Waals surface area contributed by atoms with Gasteiger partial charge in [0, 0.05) is 9.61 Å². The highest BCUT2D eigenvalue weighted by Crippen LogP contribution is 2.26. The third-order valence-corrected chi connectivity index (χ3v) is 6.30. The first-order valence-electron chi connectivity index (χ1n) is 10.4. The summed E-state index contributed by atoms with van der Waals surface area (Å²) in [4.78, 5) is 38.8. The molecule has 160 valence electrons. The molecule has 0 radical (unpaired) electrons. The molecular formula is C24H23IN2O4. The topological polar surface area (TPSA) is 75.7 Å². The summed E-state index contributed by atoms with van der Waals surface area (Å²) in [6.45, 7) is 0.455. The number of carbonyl (C=O) groups excluding carboxylic acids is 3. The second-order valence-electron chi connectivity index (χ2n) is 7.77. The average molecular weight is 530 g/mol. The summed E-state index contributed by atoms with van der Waals surface area (Å²) in [6, 6.07) is 14.5. The second kappa shape index (κ2) is 9.64. The Morgan fingerprint density at radius 1 is 0.968 bits per heavy atom. The van der Waals surface area contributed by atoms with Crippen LogP contribution in [-0.2, 0) is 16.2 Å². The quantitative estimate of drug-likeness (QED) is 0.347. The van der Waals surface area contributed by atoms with Crippen molar-refractivity contribution in [3.05, 3.63) is 68.8 Å². The molecular weight excluding hydrogens is 507 g/mol. The van der Waals surface area contributed by atoms with E-state index in [4.69, 9.17) is 4.74 Å². The van der Waals surface area contributed by atoms with Crippen molar-refractivity contribution in [2.75, 3.05) is 0 Å². The van der Waals surface area contributed by atoms with Crippen LogP contribution in [0, 0.1) is 3.57 Å². The molecule has 2 fully saturated rings. The van der Waals surface area contributed by atoms with Crippen LogP contribution in [0.1, 0.15) is 43.2 Å². The molecule has 1 heterocycles. The summed E-state index contributed by atoms with van der Waals surface area (Å²) in [5.41, 5.74) is 1.75. The van der Waals surface area contributed by atoms with E-state index in [0.717, 1.165) is 37.7 Å². The SMILES string of the molecule is O=C1NC(=O)N(C2CCCCC2)C(=O)C1=Cc1ccc(OCc2ccc(I)cc2)cc1. The number of hydrogen-bond acceptors (Lipinski definition) is 4. The van der Waals surface area contributed by atoms with E-state index in [1.807, 2.05) is 24.3 Å². The van der Waals surface area contributed by atoms with Gasteiger partial charge in [-0.15, -0.1) is 0 Å². The van der Waals surface area contributed by atoms with Crippen molar-refractivity contribution >= 4 is 46.5 Å². The molecule has 0 unspecified atom stereocenters. The van der Waals surface area contributed by atoms with Gasteiger partial charge in [-0.1, -0.05) is 43.5 Å². The molecule has 4 amide bonds. The molecule has 6 nitrogen and oxygen atoms in total. The third-order valence-electron chi connectivity index (χ3n) is 5.58. The number of imide groups is 2. The predicted octanol–water partition coefficient (Wildman–Crippen LogP) is 4.66. The van der Waals surface area contributed by atoms with Crippen molar-refractivity contribution < 1.29 is 19.1 Å². The summed E-state index contributed by atoms with van der Waals surface area (Å²) < 4.78 is 6.98. The molecule has 1 N–H and O–H groups in total. The van der Waals surface area contributed by atoms with E-state index in [9.17, 15) is 14.4 Å². The molecule has 0 bridgehead atoms. The minimum Gasteiger partial charge on any atom is -0.489 e. The zero-order chi connectivity index (χ0) is 21.8. The fraction of sp³-hybridized carbons (Fsp3) is 0.292. The smallest absolute Gasteiger partial charge is 0.331 e. The van der Waals surface area contributed by atoms with Gasteiger partial charge in [0.25, 0.3) is 11.8 Å². The van der Waals surface area contributed by atoms with Crippen molar-refractivity contribution in [3.8, 4) is 5.75 Å². The second-order valence-corrected chi connectivity index (χ2v) is 9.01. The minimum absolute atomic E-state index is 0.0160. The van der Waals surface area contributed by atoms with E-state index >= 15 is 0 Å². The normalized spacial score (nSPS) is 18.9. The summed E-state index contributed by atoms with van der Waals surface area (Å²) in [5.74, 6) is -0.472. The van der Waals surface area contributed by atoms with Gasteiger partial charge in [-0.2, -0.15) is 0 Å². The van der Waals surface area contributed by atoms with Gasteiger partial charge in [0.1, 0.15) is 17.9 Å². The van der Waals surface area contributed by atoms with Gasteiger partial charge in [0.2, 0.25) is 0 Å². The number of benzene rings is 2. The van der Waals surface area contributed by atoms with Crippen molar-refractivity contribution in [3.63, 3.8) is 0 Å². The number of nitrogens with zero attached hydrogens (tertiary/aromatic N) is 1. The number of amides is 4. The summed E-state index contributed by atoms with van der Waals surface area (Å²) >= 11 is 2.26. The fourth-order valence-electron chi connectivity index (χ4n) is 3.92. The van der Waals surface area contributed by atoms with Crippen LogP contribution in [-0.4, -0.2) is 28.8 Å². The number of barbiturate groups is 1. The van der Waals surface area contributed by atoms with Crippen LogP contribution >= 0.6 is 22.6 Å². The van der Waals surface area contributed by atoms with Gasteiger partial charge in [0.05, 0.1) is 0 Å². The van der Waals surface area contributed by atoms with Gasteiger partial charge >= 0.3 is 6.03 Å². The van der Waals surface area contributed by atoms with E-state index in [0.29, 0.717) is 17.9 Å². The summed E-state index contributed by atoms with van der Waals surface area (Å²) in [7, 11) is 0. The molecule has 4 rings (SSSR count). The van der Waals surface area contributed by atoms with E-state index in [2.05, 4.69) is 27.9 Å². The Morgan fingerprint density at radius 3 is 2.32 bits per heavy atom. The van der Waals surface area contributed by atoms with Gasteiger partial charge in [0.15, 0.2) is 0 Å². The molecule has 0 aromatic heterocycles. The monoisotopic (exact) mass is 530 g/mol. The molecule has 2 aromatic carbocycles. The Balaban J connectivity index is 1.46. The third kappa shape index (κ3) is 5.15. The van der Waals surface area contributed by atoms with Gasteiger partial charge < -0.3 is 4.74 Å². The molecule has 1 aliphatic heterocycles. The van der Waals surface area contributed by atoms with Crippen LogP contribution < -0.4 is 10.1 Å². The lowest BCUT2D eigenvalue weighted by Crippen LogP contribution is -2.58. The molecule has 2 aliphatic rings. The Hall–Kier alpha value is -2.68. The number of hydrogen-bond donors (Lipinski definition) is 1. The van der Waals surface area contributed by atoms with Crippen LogP contribution in [0.15, 0.2) is 54.1 Å². The highest BCUT2D eigenvalue weighted by Gasteiger charge is 2.40. The average Bonchev–Trinajstić information content (AvgIpc) is 2.78. The number of carbonyl (C=O) groups is 3. The van der Waals surface area contributed by atoms with Crippen molar-refractivity contribution in [1.29, 1.82) is 0 Å². The Morgan fingerprint density at radius 2 is 1.65 bits per heavy atom. The highest BCUT2D eigenvalue weighted by atomic mass is 127. The molecule has 7 heteroatoms. The van der Waals surface area contributed by atoms with Crippen LogP contribution in [0.2, 0.25) is 0 Å². The number of urea groups is 1. The van der Waals surface area contributed by atoms with Crippen LogP contribution in [0.5, 0.6) is 5.75 Å². The standard InChI is InChI=1S/C24H23IN2O4/c25-18-10-6-17(7-11-18)15-31-20-12-8-16(9-13-20)14-21-22(28)26-24(30)27(23(21)29)19-4-2-1-3-5-19/h6-14,19H,1-5,15H2,(H,26,28,30). The number of ether oxygens (including phenoxy) is 1. The van der Waals surface area contributed by atoms with Gasteiger partial charge in [-0.05, 0) is 76.9 Å². The van der Waals surface area contributed by atoms with Gasteiger partial charge in [-0.25, -0.2) is 4.79 Å². The molecule has 1 saturated heterocycles. The molecule has 1 aliphatic carbocycles. The fourth-order valence-corrected chi connectivity index (χ4v) is 4.28. The zero-order valence-corrected chi connectivity index (χ0v) is 19.1. The highest BCUT2D eigenvalue weighted by molar-refractivity contribution is 14.1. The Labute approximate surface area is 194 Å². The zero-order valence-electron chi connectivity index (χ0n) is 17.0. The summed E-state index contributed by atoms with van der Waals surface area (Å²) in [5, 5.41) is 2.31. The number of halogens is 1. The van der Waals surface area contributed by atoms with Crippen molar-refractivity contribution in [1.82, 2.24) is 10.2 Å². The molecule has 1 saturated carbocycles. The van der Waals surface area contributed by atoms with Crippen LogP contribution in [0.4, 0.5) is 4.79 Å². The van der Waals surface area contributed by atoms with E-state index in [1.54, 1.807) is 24.3 Å². The van der Waals surface area contributed by atoms with E-state index in [1.165, 1.54) is 14.5 Å². The lowest BCUT2D eigenvalue weighted by Gasteiger charge is -2.35. The minimum atomic E-state index is -0.652. The molecule has 0 atom stereocenters. The van der Waals surface area contributed by atoms with Crippen molar-refractivity contribution in [2.24, 2.45) is 0 Å². The summed E-state index contributed by atoms with van der Waals surface area (Å²) in [6.07, 6.45) is 6.18. The Bertz CT molecular complexity index is 1010. The first kappa shape index (κ1) is 21.5. The van der Waals surface area contributed by atoms with Crippen LogP contribution in [0.25, 0.3) is 6.08 Å². The maximum absolute atomic E-state index is 13.0. The number of rotatable bonds is 5. The Kier molecular flexibility index (Phi) is 6.70. The van der Waals surface area contributed by atoms with E-state index in [-0.39, 0.29) is 11.6 Å². The van der Waals surface area contributed by atoms with Gasteiger partial charge in [-0.3, -0.25) is 19.8 Å². The number of nitrogens with one attached hydrogen (secondary N) is 1. The lowest BCUT2D eigenvalue weighted by atomic mass is 9.93. The lowest BCUT2D eigenvalue weighted by molar-refractivity contribution is -0.132. The first-order chi connectivity index (χ1) is 15.0.